The number of hydrogen-bond donors (Lipinski definition) is 1. The Kier molecular flexibility index (Phi) is 5.10. The first-order valence-electron chi connectivity index (χ1n) is 8.77. The minimum Gasteiger partial charge on any atom is -0.493 e. The molecule has 1 N–H and O–H groups in total. The average molecular weight is 409 g/mol. The first-order valence-corrected chi connectivity index (χ1v) is 9.14. The van der Waals surface area contributed by atoms with Gasteiger partial charge in [0.25, 0.3) is 0 Å². The van der Waals surface area contributed by atoms with E-state index in [0.29, 0.717) is 27.7 Å². The number of hydrazone groups is 1. The summed E-state index contributed by atoms with van der Waals surface area (Å²) in [6.45, 7) is 0. The Balaban J connectivity index is 1.56. The van der Waals surface area contributed by atoms with E-state index in [9.17, 15) is 4.79 Å². The van der Waals surface area contributed by atoms with Crippen LogP contribution in [0.25, 0.3) is 21.7 Å². The Bertz CT molecular complexity index is 1250. The number of benzene rings is 3. The number of nitrogens with one attached hydrogen (secondary N) is 1. The summed E-state index contributed by atoms with van der Waals surface area (Å²) in [5.74, 6) is 0.633. The van der Waals surface area contributed by atoms with E-state index in [-0.39, 0.29) is 5.76 Å². The van der Waals surface area contributed by atoms with Crippen LogP contribution >= 0.6 is 11.6 Å². The number of ether oxygens (including phenoxy) is 2. The van der Waals surface area contributed by atoms with E-state index in [1.165, 1.54) is 20.4 Å². The largest absolute Gasteiger partial charge is 0.493 e. The Morgan fingerprint density at radius 1 is 1.07 bits per heavy atom. The molecule has 3 aromatic carbocycles. The van der Waals surface area contributed by atoms with Gasteiger partial charge in [0, 0.05) is 5.39 Å². The minimum atomic E-state index is -0.451. The first-order chi connectivity index (χ1) is 14.1. The van der Waals surface area contributed by atoms with Crippen LogP contribution in [0.15, 0.2) is 64.1 Å². The fourth-order valence-corrected chi connectivity index (χ4v) is 3.43. The maximum atomic E-state index is 12.4. The topological polar surface area (TPSA) is 73.1 Å². The van der Waals surface area contributed by atoms with Gasteiger partial charge >= 0.3 is 5.91 Å². The molecule has 0 atom stereocenters. The van der Waals surface area contributed by atoms with Crippen LogP contribution in [-0.4, -0.2) is 26.3 Å². The van der Waals surface area contributed by atoms with Crippen molar-refractivity contribution in [3.63, 3.8) is 0 Å². The molecular formula is C22H17ClN2O4. The zero-order valence-corrected chi connectivity index (χ0v) is 16.5. The van der Waals surface area contributed by atoms with Gasteiger partial charge in [0.1, 0.15) is 5.58 Å². The van der Waals surface area contributed by atoms with E-state index in [4.69, 9.17) is 25.5 Å². The number of fused-ring (bicyclic) bond motifs is 3. The number of carbonyl (C=O) groups is 1. The molecule has 0 aliphatic rings. The summed E-state index contributed by atoms with van der Waals surface area (Å²) >= 11 is 6.17. The van der Waals surface area contributed by atoms with Gasteiger partial charge in [-0.3, -0.25) is 4.79 Å². The normalized spacial score (nSPS) is 11.3. The summed E-state index contributed by atoms with van der Waals surface area (Å²) in [7, 11) is 3.02. The lowest BCUT2D eigenvalue weighted by Crippen LogP contribution is -2.16. The molecule has 0 spiro atoms. The van der Waals surface area contributed by atoms with Crippen molar-refractivity contribution >= 4 is 45.5 Å². The van der Waals surface area contributed by atoms with Gasteiger partial charge in [-0.05, 0) is 40.6 Å². The molecule has 6 nitrogen and oxygen atoms in total. The molecule has 0 saturated carbocycles. The van der Waals surface area contributed by atoms with Crippen LogP contribution in [0.5, 0.6) is 11.5 Å². The molecular weight excluding hydrogens is 392 g/mol. The van der Waals surface area contributed by atoms with Crippen molar-refractivity contribution in [2.75, 3.05) is 14.2 Å². The first kappa shape index (κ1) is 18.8. The van der Waals surface area contributed by atoms with E-state index in [2.05, 4.69) is 10.5 Å². The SMILES string of the molecule is COc1cc(/C=N/NC(=O)c2cc3c(ccc4ccccc43)o2)cc(Cl)c1OC. The summed E-state index contributed by atoms with van der Waals surface area (Å²) in [5.41, 5.74) is 3.75. The number of rotatable bonds is 5. The fourth-order valence-electron chi connectivity index (χ4n) is 3.14. The predicted octanol–water partition coefficient (Wildman–Crippen LogP) is 5.02. The molecule has 0 aliphatic heterocycles. The van der Waals surface area contributed by atoms with E-state index in [1.807, 2.05) is 36.4 Å². The second-order valence-corrected chi connectivity index (χ2v) is 6.65. The van der Waals surface area contributed by atoms with Crippen LogP contribution in [0.3, 0.4) is 0 Å². The Morgan fingerprint density at radius 2 is 1.90 bits per heavy atom. The molecule has 0 aliphatic carbocycles. The zero-order chi connectivity index (χ0) is 20.4. The highest BCUT2D eigenvalue weighted by atomic mass is 35.5. The molecule has 1 heterocycles. The number of nitrogens with zero attached hydrogens (tertiary/aromatic N) is 1. The molecule has 0 bridgehead atoms. The second kappa shape index (κ2) is 7.85. The van der Waals surface area contributed by atoms with E-state index >= 15 is 0 Å². The number of methoxy groups -OCH3 is 2. The monoisotopic (exact) mass is 408 g/mol. The summed E-state index contributed by atoms with van der Waals surface area (Å²) in [6.07, 6.45) is 1.46. The Labute approximate surface area is 171 Å². The van der Waals surface area contributed by atoms with Crippen molar-refractivity contribution in [3.8, 4) is 11.5 Å². The van der Waals surface area contributed by atoms with Crippen LogP contribution in [0.2, 0.25) is 5.02 Å². The standard InChI is InChI=1S/C22H17ClN2O4/c1-27-19-10-13(9-17(23)21(19)28-2)12-24-25-22(26)20-11-16-15-6-4-3-5-14(15)7-8-18(16)29-20/h3-12H,1-2H3,(H,25,26)/b24-12+. The smallest absolute Gasteiger partial charge is 0.307 e. The molecule has 4 rings (SSSR count). The molecule has 0 saturated heterocycles. The highest BCUT2D eigenvalue weighted by Gasteiger charge is 2.14. The third kappa shape index (κ3) is 3.62. The lowest BCUT2D eigenvalue weighted by atomic mass is 10.1. The Morgan fingerprint density at radius 3 is 2.69 bits per heavy atom. The van der Waals surface area contributed by atoms with Gasteiger partial charge in [0.15, 0.2) is 17.3 Å². The van der Waals surface area contributed by atoms with E-state index in [0.717, 1.165) is 16.2 Å². The molecule has 146 valence electrons. The highest BCUT2D eigenvalue weighted by molar-refractivity contribution is 6.32. The fraction of sp³-hybridized carbons (Fsp3) is 0.0909. The van der Waals surface area contributed by atoms with Crippen LogP contribution < -0.4 is 14.9 Å². The number of amides is 1. The Hall–Kier alpha value is -3.51. The maximum Gasteiger partial charge on any atom is 0.307 e. The van der Waals surface area contributed by atoms with Crippen molar-refractivity contribution in [3.05, 3.63) is 70.9 Å². The van der Waals surface area contributed by atoms with Crippen molar-refractivity contribution < 1.29 is 18.7 Å². The van der Waals surface area contributed by atoms with E-state index < -0.39 is 5.91 Å². The number of carbonyl (C=O) groups excluding carboxylic acids is 1. The third-order valence-electron chi connectivity index (χ3n) is 4.49. The average Bonchev–Trinajstić information content (AvgIpc) is 3.18. The molecule has 0 radical (unpaired) electrons. The third-order valence-corrected chi connectivity index (χ3v) is 4.77. The van der Waals surface area contributed by atoms with E-state index in [1.54, 1.807) is 18.2 Å². The van der Waals surface area contributed by atoms with Gasteiger partial charge < -0.3 is 13.9 Å². The van der Waals surface area contributed by atoms with Crippen LogP contribution in [0.4, 0.5) is 0 Å². The van der Waals surface area contributed by atoms with Crippen molar-refractivity contribution in [1.29, 1.82) is 0 Å². The molecule has 0 fully saturated rings. The molecule has 4 aromatic rings. The highest BCUT2D eigenvalue weighted by Crippen LogP contribution is 2.35. The lowest BCUT2D eigenvalue weighted by molar-refractivity contribution is 0.0929. The van der Waals surface area contributed by atoms with Crippen molar-refractivity contribution in [2.24, 2.45) is 5.10 Å². The summed E-state index contributed by atoms with van der Waals surface area (Å²) in [5, 5.41) is 7.34. The molecule has 0 unspecified atom stereocenters. The molecule has 7 heteroatoms. The molecule has 1 amide bonds. The van der Waals surface area contributed by atoms with Crippen molar-refractivity contribution in [2.45, 2.75) is 0 Å². The molecule has 1 aromatic heterocycles. The second-order valence-electron chi connectivity index (χ2n) is 6.25. The van der Waals surface area contributed by atoms with Crippen LogP contribution in [-0.2, 0) is 0 Å². The number of hydrogen-bond acceptors (Lipinski definition) is 5. The van der Waals surface area contributed by atoms with Crippen molar-refractivity contribution in [1.82, 2.24) is 5.43 Å². The summed E-state index contributed by atoms with van der Waals surface area (Å²) < 4.78 is 16.1. The quantitative estimate of drug-likeness (QED) is 0.371. The molecule has 29 heavy (non-hydrogen) atoms. The summed E-state index contributed by atoms with van der Waals surface area (Å²) in [4.78, 5) is 12.4. The maximum absolute atomic E-state index is 12.4. The van der Waals surface area contributed by atoms with Gasteiger partial charge in [-0.2, -0.15) is 5.10 Å². The van der Waals surface area contributed by atoms with Gasteiger partial charge in [-0.15, -0.1) is 0 Å². The minimum absolute atomic E-state index is 0.179. The predicted molar refractivity (Wildman–Crippen MR) is 113 cm³/mol. The number of halogens is 1. The zero-order valence-electron chi connectivity index (χ0n) is 15.7. The lowest BCUT2D eigenvalue weighted by Gasteiger charge is -2.09. The van der Waals surface area contributed by atoms with Crippen LogP contribution in [0.1, 0.15) is 16.1 Å². The van der Waals surface area contributed by atoms with Gasteiger partial charge in [0.05, 0.1) is 25.5 Å². The van der Waals surface area contributed by atoms with Crippen LogP contribution in [0, 0.1) is 0 Å². The van der Waals surface area contributed by atoms with Gasteiger partial charge in [0.2, 0.25) is 0 Å². The van der Waals surface area contributed by atoms with Gasteiger partial charge in [-0.25, -0.2) is 5.43 Å². The summed E-state index contributed by atoms with van der Waals surface area (Å²) in [6, 6.07) is 16.8. The van der Waals surface area contributed by atoms with Gasteiger partial charge in [-0.1, -0.05) is 41.9 Å². The number of furan rings is 1.